The molecule has 2 rings (SSSR count). The van der Waals surface area contributed by atoms with Crippen LogP contribution in [0.4, 0.5) is 5.82 Å². The second-order valence-electron chi connectivity index (χ2n) is 5.00. The van der Waals surface area contributed by atoms with Gasteiger partial charge in [-0.05, 0) is 25.3 Å². The lowest BCUT2D eigenvalue weighted by molar-refractivity contribution is 0.867. The van der Waals surface area contributed by atoms with Crippen molar-refractivity contribution in [2.75, 3.05) is 11.9 Å². The first-order chi connectivity index (χ1) is 9.13. The lowest BCUT2D eigenvalue weighted by Gasteiger charge is -2.11. The van der Waals surface area contributed by atoms with E-state index in [-0.39, 0.29) is 0 Å². The van der Waals surface area contributed by atoms with Crippen LogP contribution in [-0.4, -0.2) is 16.5 Å². The minimum atomic E-state index is 0.554. The van der Waals surface area contributed by atoms with Crippen LogP contribution in [0.25, 0.3) is 11.3 Å². The molecule has 0 unspecified atom stereocenters. The second-order valence-corrected chi connectivity index (χ2v) is 5.00. The summed E-state index contributed by atoms with van der Waals surface area (Å²) in [7, 11) is 0. The molecule has 1 N–H and O–H groups in total. The van der Waals surface area contributed by atoms with Crippen LogP contribution in [0, 0.1) is 6.92 Å². The van der Waals surface area contributed by atoms with Crippen LogP contribution >= 0.6 is 0 Å². The smallest absolute Gasteiger partial charge is 0.132 e. The van der Waals surface area contributed by atoms with Crippen LogP contribution in [0.2, 0.25) is 0 Å². The zero-order valence-electron chi connectivity index (χ0n) is 12.1. The molecular weight excluding hydrogens is 234 g/mol. The Morgan fingerprint density at radius 2 is 1.79 bits per heavy atom. The number of hydrogen-bond acceptors (Lipinski definition) is 3. The summed E-state index contributed by atoms with van der Waals surface area (Å²) in [4.78, 5) is 8.69. The largest absolute Gasteiger partial charge is 0.370 e. The van der Waals surface area contributed by atoms with Crippen molar-refractivity contribution in [3.05, 3.63) is 41.7 Å². The van der Waals surface area contributed by atoms with Crippen molar-refractivity contribution in [3.63, 3.8) is 0 Å². The van der Waals surface area contributed by atoms with Crippen molar-refractivity contribution in [3.8, 4) is 11.3 Å². The average Bonchev–Trinajstić information content (AvgIpc) is 2.41. The highest BCUT2D eigenvalue weighted by Crippen LogP contribution is 2.26. The molecule has 1 heterocycles. The van der Waals surface area contributed by atoms with Crippen LogP contribution in [-0.2, 0) is 0 Å². The van der Waals surface area contributed by atoms with E-state index in [0.29, 0.717) is 5.92 Å². The molecule has 0 radical (unpaired) electrons. The van der Waals surface area contributed by atoms with E-state index in [2.05, 4.69) is 67.2 Å². The molecule has 0 spiro atoms. The fourth-order valence-electron chi connectivity index (χ4n) is 2.11. The quantitative estimate of drug-likeness (QED) is 0.897. The third kappa shape index (κ3) is 2.92. The summed E-state index contributed by atoms with van der Waals surface area (Å²) in [6.45, 7) is 9.40. The van der Waals surface area contributed by atoms with E-state index < -0.39 is 0 Å². The van der Waals surface area contributed by atoms with Gasteiger partial charge < -0.3 is 5.32 Å². The molecule has 0 bridgehead atoms. The average molecular weight is 255 g/mol. The highest BCUT2D eigenvalue weighted by atomic mass is 15.0. The summed E-state index contributed by atoms with van der Waals surface area (Å²) >= 11 is 0. The van der Waals surface area contributed by atoms with E-state index in [1.54, 1.807) is 6.33 Å². The normalized spacial score (nSPS) is 10.8. The molecule has 19 heavy (non-hydrogen) atoms. The number of aromatic nitrogens is 2. The number of nitrogens with one attached hydrogen (secondary N) is 1. The minimum absolute atomic E-state index is 0.554. The number of nitrogens with zero attached hydrogens (tertiary/aromatic N) is 2. The molecule has 0 saturated heterocycles. The Kier molecular flexibility index (Phi) is 4.15. The van der Waals surface area contributed by atoms with Gasteiger partial charge in [0.1, 0.15) is 12.1 Å². The summed E-state index contributed by atoms with van der Waals surface area (Å²) < 4.78 is 0. The van der Waals surface area contributed by atoms with Gasteiger partial charge in [-0.25, -0.2) is 9.97 Å². The molecule has 2 aromatic rings. The van der Waals surface area contributed by atoms with Crippen molar-refractivity contribution < 1.29 is 0 Å². The van der Waals surface area contributed by atoms with E-state index in [1.165, 1.54) is 5.56 Å². The lowest BCUT2D eigenvalue weighted by atomic mass is 9.99. The maximum atomic E-state index is 4.41. The fraction of sp³-hybridized carbons (Fsp3) is 0.375. The van der Waals surface area contributed by atoms with Crippen molar-refractivity contribution in [2.24, 2.45) is 0 Å². The number of anilines is 1. The van der Waals surface area contributed by atoms with Gasteiger partial charge in [0.15, 0.2) is 0 Å². The first-order valence-electron chi connectivity index (χ1n) is 6.79. The summed E-state index contributed by atoms with van der Waals surface area (Å²) in [5.41, 5.74) is 4.59. The summed E-state index contributed by atoms with van der Waals surface area (Å²) in [6.07, 6.45) is 1.62. The number of benzene rings is 1. The molecule has 100 valence electrons. The Labute approximate surface area is 115 Å². The Morgan fingerprint density at radius 1 is 1.11 bits per heavy atom. The van der Waals surface area contributed by atoms with E-state index in [9.17, 15) is 0 Å². The van der Waals surface area contributed by atoms with Crippen molar-refractivity contribution in [1.82, 2.24) is 9.97 Å². The maximum Gasteiger partial charge on any atom is 0.132 e. The van der Waals surface area contributed by atoms with Crippen molar-refractivity contribution >= 4 is 5.82 Å². The molecular formula is C16H21N3. The predicted octanol–water partition coefficient (Wildman–Crippen LogP) is 4.01. The zero-order chi connectivity index (χ0) is 13.8. The van der Waals surface area contributed by atoms with Gasteiger partial charge in [0.25, 0.3) is 0 Å². The first-order valence-corrected chi connectivity index (χ1v) is 6.79. The Hall–Kier alpha value is -1.90. The molecule has 1 aromatic carbocycles. The minimum Gasteiger partial charge on any atom is -0.370 e. The molecule has 1 aromatic heterocycles. The van der Waals surface area contributed by atoms with Gasteiger partial charge in [-0.2, -0.15) is 0 Å². The molecule has 3 nitrogen and oxygen atoms in total. The third-order valence-corrected chi connectivity index (χ3v) is 3.28. The van der Waals surface area contributed by atoms with Gasteiger partial charge in [0.2, 0.25) is 0 Å². The van der Waals surface area contributed by atoms with Gasteiger partial charge in [-0.15, -0.1) is 0 Å². The molecule has 0 saturated carbocycles. The topological polar surface area (TPSA) is 37.8 Å². The van der Waals surface area contributed by atoms with Crippen LogP contribution in [0.5, 0.6) is 0 Å². The van der Waals surface area contributed by atoms with E-state index in [0.717, 1.165) is 29.2 Å². The molecule has 0 aliphatic rings. The van der Waals surface area contributed by atoms with Crippen LogP contribution < -0.4 is 5.32 Å². The third-order valence-electron chi connectivity index (χ3n) is 3.28. The molecule has 0 aliphatic heterocycles. The summed E-state index contributed by atoms with van der Waals surface area (Å²) in [5.74, 6) is 1.47. The molecule has 0 fully saturated rings. The fourth-order valence-corrected chi connectivity index (χ4v) is 2.11. The van der Waals surface area contributed by atoms with Gasteiger partial charge >= 0.3 is 0 Å². The van der Waals surface area contributed by atoms with Gasteiger partial charge in [0, 0.05) is 17.7 Å². The number of hydrogen-bond donors (Lipinski definition) is 1. The zero-order valence-corrected chi connectivity index (χ0v) is 12.1. The second kappa shape index (κ2) is 5.83. The van der Waals surface area contributed by atoms with Crippen LogP contribution in [0.3, 0.4) is 0 Å². The summed E-state index contributed by atoms with van der Waals surface area (Å²) in [6, 6.07) is 8.63. The van der Waals surface area contributed by atoms with E-state index in [4.69, 9.17) is 0 Å². The standard InChI is InChI=1S/C16H21N3/c1-5-17-16-12(4)15(18-10-19-16)14-8-6-13(7-9-14)11(2)3/h6-11H,5H2,1-4H3,(H,17,18,19). The highest BCUT2D eigenvalue weighted by molar-refractivity contribution is 5.67. The Bertz CT molecular complexity index is 544. The maximum absolute atomic E-state index is 4.41. The van der Waals surface area contributed by atoms with Crippen LogP contribution in [0.15, 0.2) is 30.6 Å². The Morgan fingerprint density at radius 3 is 2.37 bits per heavy atom. The van der Waals surface area contributed by atoms with Gasteiger partial charge in [0.05, 0.1) is 5.69 Å². The van der Waals surface area contributed by atoms with Gasteiger partial charge in [-0.1, -0.05) is 38.1 Å². The van der Waals surface area contributed by atoms with E-state index in [1.807, 2.05) is 0 Å². The molecule has 0 amide bonds. The Balaban J connectivity index is 2.38. The summed E-state index contributed by atoms with van der Waals surface area (Å²) in [5, 5.41) is 3.26. The highest BCUT2D eigenvalue weighted by Gasteiger charge is 2.08. The van der Waals surface area contributed by atoms with Gasteiger partial charge in [-0.3, -0.25) is 0 Å². The van der Waals surface area contributed by atoms with Crippen molar-refractivity contribution in [2.45, 2.75) is 33.6 Å². The SMILES string of the molecule is CCNc1ncnc(-c2ccc(C(C)C)cc2)c1C. The first kappa shape index (κ1) is 13.5. The molecule has 0 atom stereocenters. The predicted molar refractivity (Wildman–Crippen MR) is 80.5 cm³/mol. The lowest BCUT2D eigenvalue weighted by Crippen LogP contribution is -2.03. The van der Waals surface area contributed by atoms with Crippen molar-refractivity contribution in [1.29, 1.82) is 0 Å². The number of rotatable bonds is 4. The molecule has 3 heteroatoms. The monoisotopic (exact) mass is 255 g/mol. The van der Waals surface area contributed by atoms with Crippen LogP contribution in [0.1, 0.15) is 37.8 Å². The molecule has 0 aliphatic carbocycles. The van der Waals surface area contributed by atoms with E-state index >= 15 is 0 Å².